The molecule has 0 spiro atoms. The highest BCUT2D eigenvalue weighted by Crippen LogP contribution is 2.32. The quantitative estimate of drug-likeness (QED) is 0.347. The third-order valence-electron chi connectivity index (χ3n) is 4.24. The first-order chi connectivity index (χ1) is 14.8. The Bertz CT molecular complexity index is 890. The summed E-state index contributed by atoms with van der Waals surface area (Å²) in [5.74, 6) is 1.49. The van der Waals surface area contributed by atoms with Crippen molar-refractivity contribution in [2.75, 3.05) is 21.3 Å². The van der Waals surface area contributed by atoms with Gasteiger partial charge < -0.3 is 15.2 Å². The fourth-order valence-corrected chi connectivity index (χ4v) is 3.21. The van der Waals surface area contributed by atoms with Gasteiger partial charge in [-0.3, -0.25) is 14.5 Å². The van der Waals surface area contributed by atoms with E-state index in [1.54, 1.807) is 43.5 Å². The van der Waals surface area contributed by atoms with Crippen molar-refractivity contribution in [1.29, 1.82) is 0 Å². The van der Waals surface area contributed by atoms with E-state index in [2.05, 4.69) is 42.6 Å². The molecule has 7 heteroatoms. The molecule has 0 saturated heterocycles. The summed E-state index contributed by atoms with van der Waals surface area (Å²) in [6.07, 6.45) is 5.46. The maximum Gasteiger partial charge on any atom is 0.153 e. The van der Waals surface area contributed by atoms with Crippen LogP contribution in [0.5, 0.6) is 11.5 Å². The number of nitrogens with two attached hydrogens (primary N) is 1. The second-order valence-corrected chi connectivity index (χ2v) is 8.54. The standard InChI is InChI=1S/C12H14N2O2.C12H19NOS/c1-16-12-7-10(3-4-11(12)9-15)8-14-6-2-5-13;1-12(2,3)9-6-7-10(14-5)11(8-9)15-13-4/h2-7,9H,8,13H2,1H3;6-8,13H,1-5H3/b5-2-,14-6?;. The number of nitrogens with one attached hydrogen (secondary N) is 1. The Balaban J connectivity index is 0.000000311. The molecule has 0 saturated carbocycles. The van der Waals surface area contributed by atoms with E-state index in [4.69, 9.17) is 15.2 Å². The maximum absolute atomic E-state index is 10.7. The van der Waals surface area contributed by atoms with Crippen molar-refractivity contribution in [2.24, 2.45) is 10.7 Å². The highest BCUT2D eigenvalue weighted by molar-refractivity contribution is 7.97. The van der Waals surface area contributed by atoms with Gasteiger partial charge in [0.05, 0.1) is 31.2 Å². The van der Waals surface area contributed by atoms with Crippen LogP contribution in [0.4, 0.5) is 0 Å². The van der Waals surface area contributed by atoms with Crippen molar-refractivity contribution in [2.45, 2.75) is 37.6 Å². The average molecular weight is 444 g/mol. The number of ether oxygens (including phenoxy) is 2. The summed E-state index contributed by atoms with van der Waals surface area (Å²) in [6, 6.07) is 11.7. The fraction of sp³-hybridized carbons (Fsp3) is 0.333. The van der Waals surface area contributed by atoms with Crippen LogP contribution in [0.25, 0.3) is 0 Å². The van der Waals surface area contributed by atoms with Gasteiger partial charge in [-0.05, 0) is 72.1 Å². The molecule has 0 heterocycles. The van der Waals surface area contributed by atoms with Crippen LogP contribution >= 0.6 is 11.9 Å². The molecule has 0 fully saturated rings. The van der Waals surface area contributed by atoms with E-state index in [9.17, 15) is 4.79 Å². The lowest BCUT2D eigenvalue weighted by molar-refractivity contribution is 0.112. The van der Waals surface area contributed by atoms with Crippen molar-refractivity contribution in [3.8, 4) is 11.5 Å². The number of carbonyl (C=O) groups excluding carboxylic acids is 1. The zero-order valence-corrected chi connectivity index (χ0v) is 20.0. The number of benzene rings is 2. The van der Waals surface area contributed by atoms with Crippen LogP contribution in [0, 0.1) is 0 Å². The Morgan fingerprint density at radius 1 is 1.10 bits per heavy atom. The lowest BCUT2D eigenvalue weighted by Crippen LogP contribution is -2.11. The average Bonchev–Trinajstić information content (AvgIpc) is 2.76. The first-order valence-electron chi connectivity index (χ1n) is 9.81. The van der Waals surface area contributed by atoms with E-state index in [0.717, 1.165) is 22.5 Å². The third kappa shape index (κ3) is 8.86. The summed E-state index contributed by atoms with van der Waals surface area (Å²) < 4.78 is 13.5. The molecule has 0 radical (unpaired) electrons. The van der Waals surface area contributed by atoms with E-state index >= 15 is 0 Å². The van der Waals surface area contributed by atoms with Gasteiger partial charge in [0, 0.05) is 6.21 Å². The number of nitrogens with zero attached hydrogens (tertiary/aromatic N) is 1. The van der Waals surface area contributed by atoms with Crippen molar-refractivity contribution < 1.29 is 14.3 Å². The first-order valence-corrected chi connectivity index (χ1v) is 10.6. The molecule has 2 rings (SSSR count). The summed E-state index contributed by atoms with van der Waals surface area (Å²) in [6.45, 7) is 7.16. The third-order valence-corrected chi connectivity index (χ3v) is 4.99. The second-order valence-electron chi connectivity index (χ2n) is 7.49. The zero-order valence-electron chi connectivity index (χ0n) is 19.1. The van der Waals surface area contributed by atoms with Crippen LogP contribution in [0.15, 0.2) is 58.6 Å². The predicted molar refractivity (Wildman–Crippen MR) is 131 cm³/mol. The van der Waals surface area contributed by atoms with Gasteiger partial charge in [0.2, 0.25) is 0 Å². The Labute approximate surface area is 190 Å². The van der Waals surface area contributed by atoms with Crippen LogP contribution in [0.3, 0.4) is 0 Å². The number of rotatable bonds is 8. The number of methoxy groups -OCH3 is 2. The molecule has 3 N–H and O–H groups in total. The maximum atomic E-state index is 10.7. The van der Waals surface area contributed by atoms with E-state index in [-0.39, 0.29) is 5.41 Å². The van der Waals surface area contributed by atoms with Gasteiger partial charge in [0.25, 0.3) is 0 Å². The lowest BCUT2D eigenvalue weighted by atomic mass is 9.87. The summed E-state index contributed by atoms with van der Waals surface area (Å²) in [5.41, 5.74) is 8.17. The van der Waals surface area contributed by atoms with Crippen molar-refractivity contribution >= 4 is 24.4 Å². The van der Waals surface area contributed by atoms with Gasteiger partial charge in [-0.25, -0.2) is 0 Å². The second kappa shape index (κ2) is 13.5. The monoisotopic (exact) mass is 443 g/mol. The van der Waals surface area contributed by atoms with Gasteiger partial charge in [0.1, 0.15) is 11.5 Å². The van der Waals surface area contributed by atoms with E-state index in [0.29, 0.717) is 17.9 Å². The molecule has 0 atom stereocenters. The molecule has 168 valence electrons. The highest BCUT2D eigenvalue weighted by atomic mass is 32.2. The molecule has 0 aromatic heterocycles. The van der Waals surface area contributed by atoms with Crippen LogP contribution in [-0.4, -0.2) is 33.8 Å². The molecule has 2 aromatic carbocycles. The fourth-order valence-electron chi connectivity index (χ4n) is 2.55. The van der Waals surface area contributed by atoms with Crippen LogP contribution in [0.2, 0.25) is 0 Å². The van der Waals surface area contributed by atoms with Crippen molar-refractivity contribution in [3.63, 3.8) is 0 Å². The molecule has 31 heavy (non-hydrogen) atoms. The van der Waals surface area contributed by atoms with Crippen LogP contribution in [0.1, 0.15) is 42.3 Å². The van der Waals surface area contributed by atoms with Crippen molar-refractivity contribution in [3.05, 3.63) is 65.4 Å². The molecule has 0 amide bonds. The Hall–Kier alpha value is -2.77. The molecular formula is C24H33N3O3S. The number of allylic oxidation sites excluding steroid dienone is 1. The van der Waals surface area contributed by atoms with Gasteiger partial charge in [-0.2, -0.15) is 0 Å². The topological polar surface area (TPSA) is 85.9 Å². The number of aldehydes is 1. The lowest BCUT2D eigenvalue weighted by Gasteiger charge is -2.20. The number of hydrogen-bond donors (Lipinski definition) is 2. The smallest absolute Gasteiger partial charge is 0.153 e. The largest absolute Gasteiger partial charge is 0.496 e. The Morgan fingerprint density at radius 2 is 1.81 bits per heavy atom. The summed E-state index contributed by atoms with van der Waals surface area (Å²) in [5, 5.41) is 0. The predicted octanol–water partition coefficient (Wildman–Crippen LogP) is 4.77. The minimum Gasteiger partial charge on any atom is -0.496 e. The van der Waals surface area contributed by atoms with Crippen molar-refractivity contribution in [1.82, 2.24) is 4.72 Å². The minimum absolute atomic E-state index is 0.176. The van der Waals surface area contributed by atoms with Gasteiger partial charge in [-0.15, -0.1) is 0 Å². The molecule has 2 aromatic rings. The number of carbonyl (C=O) groups is 1. The zero-order chi connectivity index (χ0) is 23.3. The molecule has 0 bridgehead atoms. The minimum atomic E-state index is 0.176. The van der Waals surface area contributed by atoms with Gasteiger partial charge in [0.15, 0.2) is 6.29 Å². The SMILES string of the molecule is CNSc1cc(C(C)(C)C)ccc1OC.COc1cc(CN=C/C=C\N)ccc1C=O. The molecule has 0 aliphatic heterocycles. The van der Waals surface area contributed by atoms with E-state index in [1.807, 2.05) is 19.2 Å². The van der Waals surface area contributed by atoms with E-state index in [1.165, 1.54) is 18.9 Å². The highest BCUT2D eigenvalue weighted by Gasteiger charge is 2.15. The van der Waals surface area contributed by atoms with Gasteiger partial charge >= 0.3 is 0 Å². The summed E-state index contributed by atoms with van der Waals surface area (Å²) in [4.78, 5) is 15.9. The number of hydrogen-bond acceptors (Lipinski definition) is 7. The molecule has 6 nitrogen and oxygen atoms in total. The summed E-state index contributed by atoms with van der Waals surface area (Å²) >= 11 is 1.58. The van der Waals surface area contributed by atoms with Crippen LogP contribution in [-0.2, 0) is 12.0 Å². The molecule has 0 aliphatic carbocycles. The molecule has 0 aliphatic rings. The number of aliphatic imine (C=N–C) groups is 1. The summed E-state index contributed by atoms with van der Waals surface area (Å²) in [7, 11) is 5.15. The molecular weight excluding hydrogens is 410 g/mol. The Morgan fingerprint density at radius 3 is 2.35 bits per heavy atom. The van der Waals surface area contributed by atoms with Crippen LogP contribution < -0.4 is 19.9 Å². The first kappa shape index (κ1) is 26.3. The normalized spacial score (nSPS) is 11.3. The van der Waals surface area contributed by atoms with E-state index < -0.39 is 0 Å². The Kier molecular flexibility index (Phi) is 11.5. The molecule has 0 unspecified atom stereocenters. The van der Waals surface area contributed by atoms with Gasteiger partial charge in [-0.1, -0.05) is 32.9 Å².